The van der Waals surface area contributed by atoms with Gasteiger partial charge in [0, 0.05) is 37.8 Å². The number of hydrogen-bond donors (Lipinski definition) is 2. The zero-order valence-electron chi connectivity index (χ0n) is 17.1. The summed E-state index contributed by atoms with van der Waals surface area (Å²) in [6.07, 6.45) is 5.59. The lowest BCUT2D eigenvalue weighted by Crippen LogP contribution is -2.42. The Balaban J connectivity index is 1.99. The van der Waals surface area contributed by atoms with Crippen molar-refractivity contribution in [1.29, 1.82) is 0 Å². The summed E-state index contributed by atoms with van der Waals surface area (Å²) >= 11 is 0. The fourth-order valence-corrected chi connectivity index (χ4v) is 3.56. The number of benzene rings is 1. The van der Waals surface area contributed by atoms with E-state index in [9.17, 15) is 8.42 Å². The van der Waals surface area contributed by atoms with Crippen LogP contribution in [-0.4, -0.2) is 48.5 Å². The zero-order chi connectivity index (χ0) is 20.6. The minimum atomic E-state index is -2.96. The van der Waals surface area contributed by atoms with Crippen LogP contribution >= 0.6 is 0 Å². The molecule has 1 aromatic carbocycles. The molecule has 7 nitrogen and oxygen atoms in total. The average Bonchev–Trinajstić information content (AvgIpc) is 3.03. The van der Waals surface area contributed by atoms with E-state index in [4.69, 9.17) is 0 Å². The van der Waals surface area contributed by atoms with Crippen molar-refractivity contribution in [3.63, 3.8) is 0 Å². The SMILES string of the molecule is CCNC(=NCc1cccc(Cn2ccnc2C)c1)NC(C)CCS(C)(=O)=O. The number of aryl methyl sites for hydroxylation is 1. The quantitative estimate of drug-likeness (QED) is 0.493. The normalized spacial score (nSPS) is 13.4. The second-order valence-electron chi connectivity index (χ2n) is 7.08. The topological polar surface area (TPSA) is 88.4 Å². The number of aliphatic imine (C=N–C) groups is 1. The molecular weight excluding hydrogens is 374 g/mol. The average molecular weight is 406 g/mol. The number of nitrogens with zero attached hydrogens (tertiary/aromatic N) is 3. The van der Waals surface area contributed by atoms with Crippen molar-refractivity contribution in [2.24, 2.45) is 4.99 Å². The largest absolute Gasteiger partial charge is 0.357 e. The van der Waals surface area contributed by atoms with Gasteiger partial charge in [0.15, 0.2) is 5.96 Å². The zero-order valence-corrected chi connectivity index (χ0v) is 18.0. The summed E-state index contributed by atoms with van der Waals surface area (Å²) < 4.78 is 24.8. The first-order valence-electron chi connectivity index (χ1n) is 9.55. The molecule has 0 saturated carbocycles. The van der Waals surface area contributed by atoms with Gasteiger partial charge < -0.3 is 15.2 Å². The third-order valence-corrected chi connectivity index (χ3v) is 5.31. The van der Waals surface area contributed by atoms with Crippen molar-refractivity contribution in [1.82, 2.24) is 20.2 Å². The van der Waals surface area contributed by atoms with Gasteiger partial charge in [0.05, 0.1) is 12.3 Å². The van der Waals surface area contributed by atoms with E-state index in [2.05, 4.69) is 43.4 Å². The number of rotatable bonds is 9. The molecular formula is C20H31N5O2S. The molecule has 1 heterocycles. The minimum absolute atomic E-state index is 0.0167. The lowest BCUT2D eigenvalue weighted by Gasteiger charge is -2.17. The van der Waals surface area contributed by atoms with Crippen LogP contribution in [0.25, 0.3) is 0 Å². The molecule has 0 fully saturated rings. The summed E-state index contributed by atoms with van der Waals surface area (Å²) in [5.41, 5.74) is 2.32. The summed E-state index contributed by atoms with van der Waals surface area (Å²) in [6, 6.07) is 8.37. The molecule has 154 valence electrons. The van der Waals surface area contributed by atoms with E-state index in [1.165, 1.54) is 11.8 Å². The molecule has 0 aliphatic carbocycles. The highest BCUT2D eigenvalue weighted by Crippen LogP contribution is 2.10. The predicted octanol–water partition coefficient (Wildman–Crippen LogP) is 2.12. The van der Waals surface area contributed by atoms with Gasteiger partial charge in [0.25, 0.3) is 0 Å². The molecule has 2 N–H and O–H groups in total. The Bertz CT molecular complexity index is 890. The van der Waals surface area contributed by atoms with Gasteiger partial charge in [-0.25, -0.2) is 18.4 Å². The molecule has 2 rings (SSSR count). The molecule has 1 atom stereocenters. The van der Waals surface area contributed by atoms with E-state index in [1.54, 1.807) is 0 Å². The Morgan fingerprint density at radius 2 is 2.07 bits per heavy atom. The van der Waals surface area contributed by atoms with E-state index in [0.29, 0.717) is 18.9 Å². The lowest BCUT2D eigenvalue weighted by molar-refractivity contribution is 0.581. The summed E-state index contributed by atoms with van der Waals surface area (Å²) in [5, 5.41) is 6.50. The number of nitrogens with one attached hydrogen (secondary N) is 2. The highest BCUT2D eigenvalue weighted by atomic mass is 32.2. The summed E-state index contributed by atoms with van der Waals surface area (Å²) in [7, 11) is -2.96. The van der Waals surface area contributed by atoms with Crippen LogP contribution in [0.3, 0.4) is 0 Å². The molecule has 0 saturated heterocycles. The molecule has 0 aliphatic rings. The fourth-order valence-electron chi connectivity index (χ4n) is 2.78. The van der Waals surface area contributed by atoms with Crippen LogP contribution in [0, 0.1) is 6.92 Å². The van der Waals surface area contributed by atoms with Crippen LogP contribution in [0.4, 0.5) is 0 Å². The maximum Gasteiger partial charge on any atom is 0.191 e. The standard InChI is InChI=1S/C20H31N5O2S/c1-5-21-20(24-16(2)9-12-28(4,26)27)23-14-18-7-6-8-19(13-18)15-25-11-10-22-17(25)3/h6-8,10-11,13,16H,5,9,12,14-15H2,1-4H3,(H2,21,23,24). The summed E-state index contributed by atoms with van der Waals surface area (Å²) in [6.45, 7) is 8.03. The number of guanidine groups is 1. The highest BCUT2D eigenvalue weighted by molar-refractivity contribution is 7.90. The molecule has 0 aliphatic heterocycles. The van der Waals surface area contributed by atoms with Crippen LogP contribution < -0.4 is 10.6 Å². The molecule has 28 heavy (non-hydrogen) atoms. The van der Waals surface area contributed by atoms with Crippen LogP contribution in [0.5, 0.6) is 0 Å². The van der Waals surface area contributed by atoms with Crippen LogP contribution in [0.15, 0.2) is 41.7 Å². The Morgan fingerprint density at radius 3 is 2.71 bits per heavy atom. The molecule has 8 heteroatoms. The highest BCUT2D eigenvalue weighted by Gasteiger charge is 2.09. The van der Waals surface area contributed by atoms with Gasteiger partial charge in [0.1, 0.15) is 15.7 Å². The molecule has 0 spiro atoms. The lowest BCUT2D eigenvalue weighted by atomic mass is 10.1. The third-order valence-electron chi connectivity index (χ3n) is 4.34. The molecule has 2 aromatic rings. The molecule has 0 radical (unpaired) electrons. The van der Waals surface area contributed by atoms with Gasteiger partial charge in [-0.05, 0) is 38.3 Å². The van der Waals surface area contributed by atoms with E-state index in [-0.39, 0.29) is 11.8 Å². The van der Waals surface area contributed by atoms with Crippen molar-refractivity contribution in [3.8, 4) is 0 Å². The molecule has 1 aromatic heterocycles. The van der Waals surface area contributed by atoms with Gasteiger partial charge in [-0.15, -0.1) is 0 Å². The first-order valence-corrected chi connectivity index (χ1v) is 11.6. The van der Waals surface area contributed by atoms with E-state index in [0.717, 1.165) is 24.5 Å². The van der Waals surface area contributed by atoms with E-state index < -0.39 is 9.84 Å². The predicted molar refractivity (Wildman–Crippen MR) is 114 cm³/mol. The smallest absolute Gasteiger partial charge is 0.191 e. The second-order valence-corrected chi connectivity index (χ2v) is 9.34. The number of aromatic nitrogens is 2. The van der Waals surface area contributed by atoms with E-state index in [1.807, 2.05) is 39.2 Å². The Labute approximate surface area is 168 Å². The molecule has 0 amide bonds. The monoisotopic (exact) mass is 405 g/mol. The second kappa shape index (κ2) is 10.3. The van der Waals surface area contributed by atoms with Gasteiger partial charge >= 0.3 is 0 Å². The van der Waals surface area contributed by atoms with Gasteiger partial charge in [-0.2, -0.15) is 0 Å². The van der Waals surface area contributed by atoms with Crippen LogP contribution in [0.1, 0.15) is 37.2 Å². The molecule has 0 bridgehead atoms. The summed E-state index contributed by atoms with van der Waals surface area (Å²) in [4.78, 5) is 8.91. The van der Waals surface area contributed by atoms with Gasteiger partial charge in [0.2, 0.25) is 0 Å². The van der Waals surface area contributed by atoms with Crippen molar-refractivity contribution < 1.29 is 8.42 Å². The minimum Gasteiger partial charge on any atom is -0.357 e. The Morgan fingerprint density at radius 1 is 1.32 bits per heavy atom. The third kappa shape index (κ3) is 7.72. The van der Waals surface area contributed by atoms with Crippen molar-refractivity contribution >= 4 is 15.8 Å². The number of sulfone groups is 1. The van der Waals surface area contributed by atoms with Crippen molar-refractivity contribution in [3.05, 3.63) is 53.6 Å². The Hall–Kier alpha value is -2.35. The van der Waals surface area contributed by atoms with Crippen molar-refractivity contribution in [2.75, 3.05) is 18.6 Å². The van der Waals surface area contributed by atoms with Crippen LogP contribution in [0.2, 0.25) is 0 Å². The molecule has 1 unspecified atom stereocenters. The summed E-state index contributed by atoms with van der Waals surface area (Å²) in [5.74, 6) is 1.85. The number of imidazole rings is 1. The van der Waals surface area contributed by atoms with Crippen LogP contribution in [-0.2, 0) is 22.9 Å². The van der Waals surface area contributed by atoms with Gasteiger partial charge in [-0.1, -0.05) is 24.3 Å². The Kier molecular flexibility index (Phi) is 8.04. The first kappa shape index (κ1) is 21.9. The number of hydrogen-bond acceptors (Lipinski definition) is 4. The maximum absolute atomic E-state index is 11.3. The maximum atomic E-state index is 11.3. The van der Waals surface area contributed by atoms with E-state index >= 15 is 0 Å². The fraction of sp³-hybridized carbons (Fsp3) is 0.500. The van der Waals surface area contributed by atoms with Gasteiger partial charge in [-0.3, -0.25) is 0 Å². The van der Waals surface area contributed by atoms with Crippen molar-refractivity contribution in [2.45, 2.75) is 46.3 Å². The first-order chi connectivity index (χ1) is 13.3.